The zero-order chi connectivity index (χ0) is 11.4. The third-order valence-electron chi connectivity index (χ3n) is 2.04. The quantitative estimate of drug-likeness (QED) is 0.584. The summed E-state index contributed by atoms with van der Waals surface area (Å²) in [6.07, 6.45) is 1.58. The van der Waals surface area contributed by atoms with E-state index in [9.17, 15) is 4.79 Å². The van der Waals surface area contributed by atoms with Crippen molar-refractivity contribution in [2.75, 3.05) is 0 Å². The number of nitriles is 1. The molecular formula is C11H11ClN2O. The molecule has 1 aromatic rings. The van der Waals surface area contributed by atoms with Crippen LogP contribution >= 0.6 is 11.6 Å². The van der Waals surface area contributed by atoms with Gasteiger partial charge in [-0.25, -0.2) is 4.98 Å². The van der Waals surface area contributed by atoms with Crippen molar-refractivity contribution in [2.24, 2.45) is 0 Å². The SMILES string of the molecule is CCCc1nc(Cl)c(C#N)cc1C(C)=O. The second-order valence-electron chi connectivity index (χ2n) is 3.24. The smallest absolute Gasteiger partial charge is 0.161 e. The molecule has 1 rings (SSSR count). The number of carbonyl (C=O) groups excluding carboxylic acids is 1. The zero-order valence-electron chi connectivity index (χ0n) is 8.67. The zero-order valence-corrected chi connectivity index (χ0v) is 9.43. The Morgan fingerprint density at radius 2 is 2.33 bits per heavy atom. The summed E-state index contributed by atoms with van der Waals surface area (Å²) in [6.45, 7) is 3.46. The van der Waals surface area contributed by atoms with Crippen molar-refractivity contribution in [1.29, 1.82) is 5.26 Å². The van der Waals surface area contributed by atoms with Crippen molar-refractivity contribution in [3.63, 3.8) is 0 Å². The summed E-state index contributed by atoms with van der Waals surface area (Å²) >= 11 is 5.80. The number of ketones is 1. The van der Waals surface area contributed by atoms with E-state index < -0.39 is 0 Å². The molecule has 0 radical (unpaired) electrons. The number of aromatic nitrogens is 1. The van der Waals surface area contributed by atoms with E-state index in [2.05, 4.69) is 4.98 Å². The fourth-order valence-corrected chi connectivity index (χ4v) is 1.54. The lowest BCUT2D eigenvalue weighted by Gasteiger charge is -2.06. The summed E-state index contributed by atoms with van der Waals surface area (Å²) < 4.78 is 0. The normalized spacial score (nSPS) is 9.73. The van der Waals surface area contributed by atoms with Crippen LogP contribution in [0.2, 0.25) is 5.15 Å². The van der Waals surface area contributed by atoms with E-state index in [-0.39, 0.29) is 16.5 Å². The number of carbonyl (C=O) groups is 1. The van der Waals surface area contributed by atoms with E-state index in [1.165, 1.54) is 13.0 Å². The first-order valence-electron chi connectivity index (χ1n) is 4.70. The lowest BCUT2D eigenvalue weighted by atomic mass is 10.0. The third-order valence-corrected chi connectivity index (χ3v) is 2.33. The first kappa shape index (κ1) is 11.7. The van der Waals surface area contributed by atoms with Gasteiger partial charge in [-0.1, -0.05) is 24.9 Å². The van der Waals surface area contributed by atoms with Crippen molar-refractivity contribution < 1.29 is 4.79 Å². The Hall–Kier alpha value is -1.40. The Balaban J connectivity index is 3.33. The maximum atomic E-state index is 11.3. The molecule has 0 N–H and O–H groups in total. The lowest BCUT2D eigenvalue weighted by molar-refractivity contribution is 0.101. The standard InChI is InChI=1S/C11H11ClN2O/c1-3-4-10-9(7(2)15)5-8(6-13)11(12)14-10/h5H,3-4H2,1-2H3. The van der Waals surface area contributed by atoms with Crippen molar-refractivity contribution in [3.05, 3.63) is 28.0 Å². The topological polar surface area (TPSA) is 53.8 Å². The molecule has 0 bridgehead atoms. The van der Waals surface area contributed by atoms with Crippen molar-refractivity contribution in [2.45, 2.75) is 26.7 Å². The number of Topliss-reactive ketones (excluding diaryl/α,β-unsaturated/α-hetero) is 1. The second-order valence-corrected chi connectivity index (χ2v) is 3.60. The minimum atomic E-state index is -0.0842. The first-order valence-corrected chi connectivity index (χ1v) is 5.08. The van der Waals surface area contributed by atoms with Crippen LogP contribution < -0.4 is 0 Å². The molecule has 3 nitrogen and oxygen atoms in total. The molecule has 1 aromatic heterocycles. The first-order chi connectivity index (χ1) is 7.10. The summed E-state index contributed by atoms with van der Waals surface area (Å²) in [5.41, 5.74) is 1.42. The van der Waals surface area contributed by atoms with Crippen LogP contribution in [-0.4, -0.2) is 10.8 Å². The molecule has 1 heterocycles. The number of halogens is 1. The molecule has 0 aliphatic heterocycles. The van der Waals surface area contributed by atoms with E-state index in [1.54, 1.807) is 0 Å². The highest BCUT2D eigenvalue weighted by molar-refractivity contribution is 6.30. The highest BCUT2D eigenvalue weighted by Gasteiger charge is 2.12. The Morgan fingerprint density at radius 1 is 1.67 bits per heavy atom. The highest BCUT2D eigenvalue weighted by atomic mass is 35.5. The lowest BCUT2D eigenvalue weighted by Crippen LogP contribution is -2.04. The summed E-state index contributed by atoms with van der Waals surface area (Å²) in [5.74, 6) is -0.0842. The second kappa shape index (κ2) is 4.90. The molecule has 0 aromatic carbocycles. The van der Waals surface area contributed by atoms with Gasteiger partial charge in [0.15, 0.2) is 5.78 Å². The van der Waals surface area contributed by atoms with Gasteiger partial charge in [0.25, 0.3) is 0 Å². The van der Waals surface area contributed by atoms with Crippen LogP contribution in [0.5, 0.6) is 0 Å². The molecule has 0 saturated heterocycles. The third kappa shape index (κ3) is 2.54. The van der Waals surface area contributed by atoms with Crippen molar-refractivity contribution >= 4 is 17.4 Å². The molecule has 4 heteroatoms. The average Bonchev–Trinajstić information content (AvgIpc) is 2.18. The summed E-state index contributed by atoms with van der Waals surface area (Å²) in [6, 6.07) is 3.43. The van der Waals surface area contributed by atoms with Gasteiger partial charge < -0.3 is 0 Å². The van der Waals surface area contributed by atoms with Crippen LogP contribution in [0.25, 0.3) is 0 Å². The molecule has 0 fully saturated rings. The molecular weight excluding hydrogens is 212 g/mol. The van der Waals surface area contributed by atoms with Crippen LogP contribution in [0.15, 0.2) is 6.07 Å². The maximum absolute atomic E-state index is 11.3. The van der Waals surface area contributed by atoms with Gasteiger partial charge in [-0.15, -0.1) is 0 Å². The Morgan fingerprint density at radius 3 is 2.80 bits per heavy atom. The van der Waals surface area contributed by atoms with Gasteiger partial charge in [0.05, 0.1) is 11.3 Å². The van der Waals surface area contributed by atoms with Gasteiger partial charge in [0.1, 0.15) is 11.2 Å². The van der Waals surface area contributed by atoms with Gasteiger partial charge >= 0.3 is 0 Å². The molecule has 78 valence electrons. The van der Waals surface area contributed by atoms with E-state index >= 15 is 0 Å². The predicted molar refractivity (Wildman–Crippen MR) is 58.0 cm³/mol. The summed E-state index contributed by atoms with van der Waals surface area (Å²) in [4.78, 5) is 15.4. The largest absolute Gasteiger partial charge is 0.294 e. The summed E-state index contributed by atoms with van der Waals surface area (Å²) in [5, 5.41) is 8.93. The van der Waals surface area contributed by atoms with Crippen LogP contribution in [0, 0.1) is 11.3 Å². The van der Waals surface area contributed by atoms with Crippen LogP contribution in [-0.2, 0) is 6.42 Å². The van der Waals surface area contributed by atoms with Crippen LogP contribution in [0.4, 0.5) is 0 Å². The van der Waals surface area contributed by atoms with E-state index in [1.807, 2.05) is 13.0 Å². The Kier molecular flexibility index (Phi) is 3.81. The minimum Gasteiger partial charge on any atom is -0.294 e. The van der Waals surface area contributed by atoms with Crippen molar-refractivity contribution in [3.8, 4) is 6.07 Å². The van der Waals surface area contributed by atoms with Gasteiger partial charge in [0, 0.05) is 5.56 Å². The molecule has 0 atom stereocenters. The molecule has 0 unspecified atom stereocenters. The van der Waals surface area contributed by atoms with Gasteiger partial charge in [0.2, 0.25) is 0 Å². The van der Waals surface area contributed by atoms with Crippen LogP contribution in [0.3, 0.4) is 0 Å². The molecule has 0 aliphatic carbocycles. The number of rotatable bonds is 3. The van der Waals surface area contributed by atoms with E-state index in [0.29, 0.717) is 17.7 Å². The van der Waals surface area contributed by atoms with Crippen LogP contribution in [0.1, 0.15) is 41.9 Å². The van der Waals surface area contributed by atoms with Gasteiger partial charge in [-0.3, -0.25) is 4.79 Å². The minimum absolute atomic E-state index is 0.0842. The maximum Gasteiger partial charge on any atom is 0.161 e. The fourth-order valence-electron chi connectivity index (χ4n) is 1.34. The fraction of sp³-hybridized carbons (Fsp3) is 0.364. The van der Waals surface area contributed by atoms with Crippen molar-refractivity contribution in [1.82, 2.24) is 4.98 Å². The van der Waals surface area contributed by atoms with Gasteiger partial charge in [-0.2, -0.15) is 5.26 Å². The number of pyridine rings is 1. The molecule has 15 heavy (non-hydrogen) atoms. The number of aryl methyl sites for hydroxylation is 1. The summed E-state index contributed by atoms with van der Waals surface area (Å²) in [7, 11) is 0. The Labute approximate surface area is 93.7 Å². The molecule has 0 amide bonds. The molecule has 0 aliphatic rings. The van der Waals surface area contributed by atoms with Gasteiger partial charge in [-0.05, 0) is 19.4 Å². The highest BCUT2D eigenvalue weighted by Crippen LogP contribution is 2.18. The molecule has 0 saturated carbocycles. The predicted octanol–water partition coefficient (Wildman–Crippen LogP) is 2.76. The monoisotopic (exact) mass is 222 g/mol. The molecule has 0 spiro atoms. The number of hydrogen-bond acceptors (Lipinski definition) is 3. The number of nitrogens with zero attached hydrogens (tertiary/aromatic N) is 2. The van der Waals surface area contributed by atoms with E-state index in [4.69, 9.17) is 16.9 Å². The van der Waals surface area contributed by atoms with E-state index in [0.717, 1.165) is 6.42 Å². The Bertz CT molecular complexity index is 435. The number of hydrogen-bond donors (Lipinski definition) is 0. The average molecular weight is 223 g/mol.